The van der Waals surface area contributed by atoms with Gasteiger partial charge >= 0.3 is 0 Å². The van der Waals surface area contributed by atoms with Crippen molar-refractivity contribution in [2.75, 3.05) is 30.8 Å². The summed E-state index contributed by atoms with van der Waals surface area (Å²) >= 11 is 0. The third-order valence-corrected chi connectivity index (χ3v) is 1.70. The quantitative estimate of drug-likeness (QED) is 0.560. The largest absolute Gasteiger partial charge is 0.399 e. The molecule has 1 aromatic rings. The molecule has 0 saturated carbocycles. The van der Waals surface area contributed by atoms with Crippen LogP contribution in [0, 0.1) is 5.82 Å². The van der Waals surface area contributed by atoms with Crippen LogP contribution in [0.4, 0.5) is 15.8 Å². The monoisotopic (exact) mass is 198 g/mol. The molecule has 0 atom stereocenters. The van der Waals surface area contributed by atoms with Gasteiger partial charge in [0.1, 0.15) is 5.82 Å². The van der Waals surface area contributed by atoms with E-state index in [1.807, 2.05) is 6.92 Å². The summed E-state index contributed by atoms with van der Waals surface area (Å²) in [6.07, 6.45) is 0. The van der Waals surface area contributed by atoms with Gasteiger partial charge in [-0.1, -0.05) is 0 Å². The van der Waals surface area contributed by atoms with Crippen LogP contribution in [-0.4, -0.2) is 19.8 Å². The molecule has 3 nitrogen and oxygen atoms in total. The van der Waals surface area contributed by atoms with Gasteiger partial charge in [-0.15, -0.1) is 0 Å². The fourth-order valence-corrected chi connectivity index (χ4v) is 1.13. The van der Waals surface area contributed by atoms with Crippen molar-refractivity contribution in [3.05, 3.63) is 24.0 Å². The lowest BCUT2D eigenvalue weighted by molar-refractivity contribution is 0.158. The van der Waals surface area contributed by atoms with Gasteiger partial charge in [0, 0.05) is 24.5 Å². The summed E-state index contributed by atoms with van der Waals surface area (Å²) in [6, 6.07) is 4.38. The predicted molar refractivity (Wildman–Crippen MR) is 55.8 cm³/mol. The SMILES string of the molecule is CCOCCNc1cc(N)cc(F)c1. The Bertz CT molecular complexity index is 271. The number of nitrogen functional groups attached to an aromatic ring is 1. The molecule has 0 saturated heterocycles. The minimum Gasteiger partial charge on any atom is -0.399 e. The Hall–Kier alpha value is -1.29. The first-order valence-corrected chi connectivity index (χ1v) is 4.60. The van der Waals surface area contributed by atoms with E-state index in [1.165, 1.54) is 12.1 Å². The van der Waals surface area contributed by atoms with Gasteiger partial charge in [0.05, 0.1) is 6.61 Å². The van der Waals surface area contributed by atoms with E-state index < -0.39 is 0 Å². The summed E-state index contributed by atoms with van der Waals surface area (Å²) in [5.41, 5.74) is 6.58. The summed E-state index contributed by atoms with van der Waals surface area (Å²) in [4.78, 5) is 0. The van der Waals surface area contributed by atoms with Crippen molar-refractivity contribution in [2.45, 2.75) is 6.92 Å². The Labute approximate surface area is 83.1 Å². The molecule has 0 spiro atoms. The molecule has 0 radical (unpaired) electrons. The molecule has 0 amide bonds. The van der Waals surface area contributed by atoms with E-state index in [2.05, 4.69) is 5.32 Å². The summed E-state index contributed by atoms with van der Waals surface area (Å²) in [5, 5.41) is 3.02. The number of rotatable bonds is 5. The van der Waals surface area contributed by atoms with Crippen molar-refractivity contribution in [1.29, 1.82) is 0 Å². The lowest BCUT2D eigenvalue weighted by Crippen LogP contribution is -2.09. The predicted octanol–water partition coefficient (Wildman–Crippen LogP) is 1.86. The minimum atomic E-state index is -0.330. The molecule has 1 rings (SSSR count). The molecular formula is C10H15FN2O. The molecule has 14 heavy (non-hydrogen) atoms. The van der Waals surface area contributed by atoms with Crippen LogP contribution in [0.25, 0.3) is 0 Å². The third kappa shape index (κ3) is 3.62. The van der Waals surface area contributed by atoms with Crippen LogP contribution in [0.3, 0.4) is 0 Å². The Morgan fingerprint density at radius 1 is 1.43 bits per heavy atom. The van der Waals surface area contributed by atoms with Crippen molar-refractivity contribution in [2.24, 2.45) is 0 Å². The van der Waals surface area contributed by atoms with E-state index in [0.717, 1.165) is 0 Å². The molecule has 0 aliphatic heterocycles. The molecule has 0 fully saturated rings. The average molecular weight is 198 g/mol. The van der Waals surface area contributed by atoms with Gasteiger partial charge in [0.15, 0.2) is 0 Å². The maximum absolute atomic E-state index is 12.9. The number of halogens is 1. The molecule has 78 valence electrons. The maximum Gasteiger partial charge on any atom is 0.127 e. The Balaban J connectivity index is 2.42. The van der Waals surface area contributed by atoms with E-state index in [0.29, 0.717) is 31.1 Å². The second-order valence-corrected chi connectivity index (χ2v) is 2.90. The molecule has 1 aromatic carbocycles. The molecule has 0 heterocycles. The van der Waals surface area contributed by atoms with Crippen LogP contribution < -0.4 is 11.1 Å². The first-order valence-electron chi connectivity index (χ1n) is 4.60. The first-order chi connectivity index (χ1) is 6.72. The van der Waals surface area contributed by atoms with Crippen LogP contribution in [0.15, 0.2) is 18.2 Å². The summed E-state index contributed by atoms with van der Waals surface area (Å²) in [6.45, 7) is 3.87. The highest BCUT2D eigenvalue weighted by Crippen LogP contribution is 2.14. The van der Waals surface area contributed by atoms with Crippen molar-refractivity contribution >= 4 is 11.4 Å². The zero-order valence-corrected chi connectivity index (χ0v) is 8.22. The number of anilines is 2. The molecular weight excluding hydrogens is 183 g/mol. The van der Waals surface area contributed by atoms with E-state index in [1.54, 1.807) is 6.07 Å². The van der Waals surface area contributed by atoms with Crippen LogP contribution in [0.2, 0.25) is 0 Å². The number of benzene rings is 1. The zero-order chi connectivity index (χ0) is 10.4. The molecule has 0 unspecified atom stereocenters. The van der Waals surface area contributed by atoms with Gasteiger partial charge < -0.3 is 15.8 Å². The van der Waals surface area contributed by atoms with Gasteiger partial charge in [0.25, 0.3) is 0 Å². The van der Waals surface area contributed by atoms with Gasteiger partial charge in [0.2, 0.25) is 0 Å². The Morgan fingerprint density at radius 2 is 2.21 bits per heavy atom. The van der Waals surface area contributed by atoms with Crippen LogP contribution in [0.5, 0.6) is 0 Å². The molecule has 0 aliphatic rings. The fourth-order valence-electron chi connectivity index (χ4n) is 1.13. The number of ether oxygens (including phenoxy) is 1. The number of hydrogen-bond donors (Lipinski definition) is 2. The lowest BCUT2D eigenvalue weighted by Gasteiger charge is -2.07. The summed E-state index contributed by atoms with van der Waals surface area (Å²) in [5.74, 6) is -0.330. The van der Waals surface area contributed by atoms with Gasteiger partial charge in [-0.3, -0.25) is 0 Å². The summed E-state index contributed by atoms with van der Waals surface area (Å²) < 4.78 is 18.0. The molecule has 3 N–H and O–H groups in total. The van der Waals surface area contributed by atoms with Gasteiger partial charge in [-0.05, 0) is 25.1 Å². The number of nitrogens with one attached hydrogen (secondary N) is 1. The second kappa shape index (κ2) is 5.44. The molecule has 4 heteroatoms. The fraction of sp³-hybridized carbons (Fsp3) is 0.400. The molecule has 0 aromatic heterocycles. The van der Waals surface area contributed by atoms with E-state index in [9.17, 15) is 4.39 Å². The third-order valence-electron chi connectivity index (χ3n) is 1.70. The van der Waals surface area contributed by atoms with E-state index in [4.69, 9.17) is 10.5 Å². The highest BCUT2D eigenvalue weighted by atomic mass is 19.1. The van der Waals surface area contributed by atoms with Crippen molar-refractivity contribution < 1.29 is 9.13 Å². The zero-order valence-electron chi connectivity index (χ0n) is 8.22. The van der Waals surface area contributed by atoms with Crippen molar-refractivity contribution in [1.82, 2.24) is 0 Å². The topological polar surface area (TPSA) is 47.3 Å². The average Bonchev–Trinajstić information content (AvgIpc) is 2.11. The summed E-state index contributed by atoms with van der Waals surface area (Å²) in [7, 11) is 0. The van der Waals surface area contributed by atoms with Crippen molar-refractivity contribution in [3.8, 4) is 0 Å². The minimum absolute atomic E-state index is 0.330. The van der Waals surface area contributed by atoms with Gasteiger partial charge in [-0.2, -0.15) is 0 Å². The maximum atomic E-state index is 12.9. The smallest absolute Gasteiger partial charge is 0.127 e. The molecule has 0 bridgehead atoms. The highest BCUT2D eigenvalue weighted by molar-refractivity contribution is 5.54. The van der Waals surface area contributed by atoms with Crippen LogP contribution in [-0.2, 0) is 4.74 Å². The first kappa shape index (κ1) is 10.8. The van der Waals surface area contributed by atoms with E-state index >= 15 is 0 Å². The van der Waals surface area contributed by atoms with Crippen LogP contribution in [0.1, 0.15) is 6.92 Å². The van der Waals surface area contributed by atoms with E-state index in [-0.39, 0.29) is 5.82 Å². The second-order valence-electron chi connectivity index (χ2n) is 2.90. The number of nitrogens with two attached hydrogens (primary N) is 1. The highest BCUT2D eigenvalue weighted by Gasteiger charge is 1.97. The Morgan fingerprint density at radius 3 is 2.86 bits per heavy atom. The standard InChI is InChI=1S/C10H15FN2O/c1-2-14-4-3-13-10-6-8(11)5-9(12)7-10/h5-7,13H,2-4,12H2,1H3. The van der Waals surface area contributed by atoms with Crippen molar-refractivity contribution in [3.63, 3.8) is 0 Å². The lowest BCUT2D eigenvalue weighted by atomic mass is 10.2. The Kier molecular flexibility index (Phi) is 4.19. The molecule has 0 aliphatic carbocycles. The normalized spacial score (nSPS) is 10.1. The number of hydrogen-bond acceptors (Lipinski definition) is 3. The van der Waals surface area contributed by atoms with Gasteiger partial charge in [-0.25, -0.2) is 4.39 Å². The van der Waals surface area contributed by atoms with Crippen LogP contribution >= 0.6 is 0 Å².